The topological polar surface area (TPSA) is 46.6 Å². The lowest BCUT2D eigenvalue weighted by Crippen LogP contribution is -2.51. The molecule has 24 heavy (non-hydrogen) atoms. The highest BCUT2D eigenvalue weighted by atomic mass is 32.1. The molecule has 1 aliphatic rings. The van der Waals surface area contributed by atoms with E-state index in [0.29, 0.717) is 4.88 Å². The Labute approximate surface area is 146 Å². The van der Waals surface area contributed by atoms with Gasteiger partial charge in [-0.3, -0.25) is 4.79 Å². The maximum Gasteiger partial charge on any atom is 0.349 e. The van der Waals surface area contributed by atoms with Crippen molar-refractivity contribution in [2.24, 2.45) is 0 Å². The fraction of sp³-hybridized carbons (Fsp3) is 0.474. The molecule has 5 heteroatoms. The van der Waals surface area contributed by atoms with Crippen molar-refractivity contribution in [2.45, 2.75) is 58.2 Å². The molecule has 1 aliphatic heterocycles. The lowest BCUT2D eigenvalue weighted by atomic mass is 9.97. The number of carbonyl (C=O) groups excluding carboxylic acids is 2. The molecule has 1 saturated heterocycles. The largest absolute Gasteiger partial charge is 0.448 e. The van der Waals surface area contributed by atoms with Crippen LogP contribution in [0.25, 0.3) is 10.1 Å². The number of likely N-dealkylation sites (tertiary alicyclic amines) is 1. The molecule has 1 amide bonds. The summed E-state index contributed by atoms with van der Waals surface area (Å²) in [5, 5.41) is 1.02. The Morgan fingerprint density at radius 1 is 1.21 bits per heavy atom. The Morgan fingerprint density at radius 3 is 2.54 bits per heavy atom. The van der Waals surface area contributed by atoms with E-state index in [0.717, 1.165) is 29.3 Å². The zero-order chi connectivity index (χ0) is 17.3. The third-order valence-corrected chi connectivity index (χ3v) is 5.80. The van der Waals surface area contributed by atoms with E-state index in [-0.39, 0.29) is 18.0 Å². The number of hydrogen-bond donors (Lipinski definition) is 0. The van der Waals surface area contributed by atoms with E-state index in [1.54, 1.807) is 6.92 Å². The molecular weight excluding hydrogens is 322 g/mol. The Hall–Kier alpha value is -1.88. The van der Waals surface area contributed by atoms with Crippen molar-refractivity contribution in [2.75, 3.05) is 0 Å². The Kier molecular flexibility index (Phi) is 4.90. The van der Waals surface area contributed by atoms with Gasteiger partial charge in [0.25, 0.3) is 5.91 Å². The van der Waals surface area contributed by atoms with Crippen LogP contribution in [-0.2, 0) is 9.53 Å². The Bertz CT molecular complexity index is 711. The number of esters is 1. The molecule has 0 N–H and O–H groups in total. The van der Waals surface area contributed by atoms with Gasteiger partial charge in [0.05, 0.1) is 0 Å². The van der Waals surface area contributed by atoms with Gasteiger partial charge in [-0.15, -0.1) is 11.3 Å². The minimum atomic E-state index is -0.759. The van der Waals surface area contributed by atoms with Gasteiger partial charge in [0.15, 0.2) is 6.10 Å². The molecule has 3 atom stereocenters. The van der Waals surface area contributed by atoms with Crippen molar-refractivity contribution in [1.82, 2.24) is 4.90 Å². The van der Waals surface area contributed by atoms with Crippen LogP contribution in [0.3, 0.4) is 0 Å². The SMILES string of the molecule is C[C@@H]1CCC[C@@H](C)N1C(=O)[C@@H](C)OC(=O)c1cc2ccccc2s1. The van der Waals surface area contributed by atoms with Crippen LogP contribution in [0.5, 0.6) is 0 Å². The fourth-order valence-corrected chi connectivity index (χ4v) is 4.36. The van der Waals surface area contributed by atoms with Crippen LogP contribution in [0.4, 0.5) is 0 Å². The maximum absolute atomic E-state index is 12.7. The Morgan fingerprint density at radius 2 is 1.88 bits per heavy atom. The minimum Gasteiger partial charge on any atom is -0.448 e. The second kappa shape index (κ2) is 6.93. The number of hydrogen-bond acceptors (Lipinski definition) is 4. The molecule has 0 spiro atoms. The molecule has 0 bridgehead atoms. The van der Waals surface area contributed by atoms with Crippen LogP contribution in [0.15, 0.2) is 30.3 Å². The number of rotatable bonds is 3. The summed E-state index contributed by atoms with van der Waals surface area (Å²) >= 11 is 1.40. The smallest absolute Gasteiger partial charge is 0.349 e. The molecule has 1 aromatic heterocycles. The van der Waals surface area contributed by atoms with Crippen LogP contribution in [-0.4, -0.2) is 35.0 Å². The molecule has 1 fully saturated rings. The van der Waals surface area contributed by atoms with Crippen molar-refractivity contribution in [3.63, 3.8) is 0 Å². The first-order valence-corrected chi connectivity index (χ1v) is 9.30. The molecule has 4 nitrogen and oxygen atoms in total. The molecule has 0 saturated carbocycles. The number of piperidine rings is 1. The van der Waals surface area contributed by atoms with Gasteiger partial charge in [-0.2, -0.15) is 0 Å². The van der Waals surface area contributed by atoms with Crippen LogP contribution in [0.2, 0.25) is 0 Å². The van der Waals surface area contributed by atoms with Gasteiger partial charge in [0, 0.05) is 16.8 Å². The third kappa shape index (κ3) is 3.31. The van der Waals surface area contributed by atoms with E-state index >= 15 is 0 Å². The monoisotopic (exact) mass is 345 g/mol. The summed E-state index contributed by atoms with van der Waals surface area (Å²) in [5.74, 6) is -0.515. The molecular formula is C19H23NO3S. The normalized spacial score (nSPS) is 22.4. The Balaban J connectivity index is 1.70. The molecule has 0 unspecified atom stereocenters. The number of ether oxygens (including phenoxy) is 1. The standard InChI is InChI=1S/C19H23NO3S/c1-12-7-6-8-13(2)20(12)18(21)14(3)23-19(22)17-11-15-9-4-5-10-16(15)24-17/h4-5,9-14H,6-8H2,1-3H3/t12-,13-,14-/m1/s1. The predicted molar refractivity (Wildman–Crippen MR) is 96.3 cm³/mol. The minimum absolute atomic E-state index is 0.0934. The van der Waals surface area contributed by atoms with Crippen molar-refractivity contribution < 1.29 is 14.3 Å². The quantitative estimate of drug-likeness (QED) is 0.782. The number of fused-ring (bicyclic) bond motifs is 1. The number of thiophene rings is 1. The summed E-state index contributed by atoms with van der Waals surface area (Å²) < 4.78 is 6.50. The summed E-state index contributed by atoms with van der Waals surface area (Å²) in [4.78, 5) is 27.5. The maximum atomic E-state index is 12.7. The molecule has 128 valence electrons. The molecule has 1 aromatic carbocycles. The zero-order valence-corrected chi connectivity index (χ0v) is 15.1. The van der Waals surface area contributed by atoms with Crippen LogP contribution in [0.1, 0.15) is 49.7 Å². The van der Waals surface area contributed by atoms with E-state index < -0.39 is 12.1 Å². The highest BCUT2D eigenvalue weighted by Crippen LogP contribution is 2.27. The van der Waals surface area contributed by atoms with Crippen molar-refractivity contribution in [3.8, 4) is 0 Å². The molecule has 2 aromatic rings. The van der Waals surface area contributed by atoms with Gasteiger partial charge in [0.2, 0.25) is 0 Å². The number of nitrogens with zero attached hydrogens (tertiary/aromatic N) is 1. The van der Waals surface area contributed by atoms with E-state index in [2.05, 4.69) is 13.8 Å². The summed E-state index contributed by atoms with van der Waals surface area (Å²) in [5.41, 5.74) is 0. The lowest BCUT2D eigenvalue weighted by molar-refractivity contribution is -0.146. The van der Waals surface area contributed by atoms with Crippen LogP contribution in [0, 0.1) is 0 Å². The highest BCUT2D eigenvalue weighted by molar-refractivity contribution is 7.20. The summed E-state index contributed by atoms with van der Waals surface area (Å²) in [7, 11) is 0. The predicted octanol–water partition coefficient (Wildman–Crippen LogP) is 4.24. The average Bonchev–Trinajstić information content (AvgIpc) is 2.98. The van der Waals surface area contributed by atoms with Gasteiger partial charge in [-0.05, 0) is 57.6 Å². The van der Waals surface area contributed by atoms with Crippen molar-refractivity contribution in [1.29, 1.82) is 0 Å². The average molecular weight is 345 g/mol. The number of amides is 1. The van der Waals surface area contributed by atoms with E-state index in [1.165, 1.54) is 11.3 Å². The lowest BCUT2D eigenvalue weighted by Gasteiger charge is -2.40. The van der Waals surface area contributed by atoms with Gasteiger partial charge in [-0.1, -0.05) is 18.2 Å². The number of benzene rings is 1. The number of carbonyl (C=O) groups is 2. The second-order valence-electron chi connectivity index (χ2n) is 6.57. The second-order valence-corrected chi connectivity index (χ2v) is 7.65. The van der Waals surface area contributed by atoms with Crippen molar-refractivity contribution in [3.05, 3.63) is 35.2 Å². The summed E-state index contributed by atoms with van der Waals surface area (Å²) in [6, 6.07) is 10.1. The third-order valence-electron chi connectivity index (χ3n) is 4.71. The first kappa shape index (κ1) is 17.0. The summed E-state index contributed by atoms with van der Waals surface area (Å²) in [6.07, 6.45) is 2.40. The van der Waals surface area contributed by atoms with E-state index in [1.807, 2.05) is 35.2 Å². The van der Waals surface area contributed by atoms with Gasteiger partial charge in [0.1, 0.15) is 4.88 Å². The first-order valence-electron chi connectivity index (χ1n) is 8.49. The molecule has 2 heterocycles. The van der Waals surface area contributed by atoms with E-state index in [9.17, 15) is 9.59 Å². The van der Waals surface area contributed by atoms with Crippen LogP contribution < -0.4 is 0 Å². The van der Waals surface area contributed by atoms with Crippen molar-refractivity contribution >= 4 is 33.3 Å². The first-order chi connectivity index (χ1) is 11.5. The highest BCUT2D eigenvalue weighted by Gasteiger charge is 2.33. The van der Waals surface area contributed by atoms with Gasteiger partial charge >= 0.3 is 5.97 Å². The van der Waals surface area contributed by atoms with Crippen LogP contribution >= 0.6 is 11.3 Å². The fourth-order valence-electron chi connectivity index (χ4n) is 3.42. The molecule has 0 aliphatic carbocycles. The molecule has 0 radical (unpaired) electrons. The molecule has 3 rings (SSSR count). The summed E-state index contributed by atoms with van der Waals surface area (Å²) in [6.45, 7) is 5.80. The zero-order valence-electron chi connectivity index (χ0n) is 14.3. The van der Waals surface area contributed by atoms with Gasteiger partial charge in [-0.25, -0.2) is 4.79 Å². The van der Waals surface area contributed by atoms with Gasteiger partial charge < -0.3 is 9.64 Å². The van der Waals surface area contributed by atoms with E-state index in [4.69, 9.17) is 4.74 Å².